The molecule has 1 heterocycles. The molecule has 0 atom stereocenters. The van der Waals surface area contributed by atoms with Crippen molar-refractivity contribution >= 4 is 0 Å². The molecule has 2 nitrogen and oxygen atoms in total. The third-order valence-corrected chi connectivity index (χ3v) is 0.892. The van der Waals surface area contributed by atoms with Gasteiger partial charge in [-0.25, -0.2) is 0 Å². The summed E-state index contributed by atoms with van der Waals surface area (Å²) < 4.78 is 24.2. The quantitative estimate of drug-likeness (QED) is 0.508. The molecule has 1 aromatic rings. The van der Waals surface area contributed by atoms with Crippen LogP contribution in [0, 0.1) is 23.2 Å². The Bertz CT molecular complexity index is 270. The molecule has 0 aliphatic carbocycles. The monoisotopic (exact) mass is 140 g/mol. The van der Waals surface area contributed by atoms with Crippen molar-refractivity contribution in [2.75, 3.05) is 0 Å². The van der Waals surface area contributed by atoms with Crippen LogP contribution in [-0.4, -0.2) is 4.98 Å². The summed E-state index contributed by atoms with van der Waals surface area (Å²) in [5.74, 6) is -1.95. The van der Waals surface area contributed by atoms with Gasteiger partial charge in [0, 0.05) is 12.1 Å². The van der Waals surface area contributed by atoms with Crippen LogP contribution in [0.2, 0.25) is 0 Å². The Kier molecular flexibility index (Phi) is 1.59. The molecular formula is C6H2F2N2. The van der Waals surface area contributed by atoms with Crippen molar-refractivity contribution in [2.24, 2.45) is 0 Å². The van der Waals surface area contributed by atoms with E-state index in [9.17, 15) is 8.78 Å². The molecule has 0 amide bonds. The number of aromatic nitrogens is 1. The molecule has 0 N–H and O–H groups in total. The van der Waals surface area contributed by atoms with E-state index in [4.69, 9.17) is 5.26 Å². The summed E-state index contributed by atoms with van der Waals surface area (Å²) in [4.78, 5) is 2.80. The third-order valence-electron chi connectivity index (χ3n) is 0.892. The Balaban J connectivity index is 3.22. The smallest absolute Gasteiger partial charge is 0.192 e. The van der Waals surface area contributed by atoms with Crippen LogP contribution < -0.4 is 0 Å². The third kappa shape index (κ3) is 1.26. The van der Waals surface area contributed by atoms with Crippen molar-refractivity contribution in [1.82, 2.24) is 4.98 Å². The van der Waals surface area contributed by atoms with Gasteiger partial charge >= 0.3 is 0 Å². The van der Waals surface area contributed by atoms with Gasteiger partial charge in [-0.05, 0) is 0 Å². The van der Waals surface area contributed by atoms with Gasteiger partial charge in [-0.15, -0.1) is 0 Å². The molecule has 0 bridgehead atoms. The van der Waals surface area contributed by atoms with Crippen LogP contribution in [0.1, 0.15) is 5.56 Å². The Morgan fingerprint density at radius 1 is 1.30 bits per heavy atom. The van der Waals surface area contributed by atoms with Crippen LogP contribution in [0.25, 0.3) is 0 Å². The number of halogens is 2. The number of rotatable bonds is 0. The number of pyridine rings is 1. The minimum Gasteiger partial charge on any atom is -0.192 e. The van der Waals surface area contributed by atoms with Crippen LogP contribution in [0.5, 0.6) is 0 Å². The molecule has 0 aromatic carbocycles. The van der Waals surface area contributed by atoms with Crippen molar-refractivity contribution in [3.05, 3.63) is 29.6 Å². The number of nitrogens with zero attached hydrogens (tertiary/aromatic N) is 2. The summed E-state index contributed by atoms with van der Waals surface area (Å²) in [5.41, 5.74) is -0.0648. The standard InChI is InChI=1S/C6H2F2N2/c7-5-1-4(3-9)2-6(8)10-5/h1-2H. The SMILES string of the molecule is N#Cc1cc(F)nc(F)c1. The lowest BCUT2D eigenvalue weighted by Gasteiger charge is -1.88. The van der Waals surface area contributed by atoms with E-state index in [0.717, 1.165) is 12.1 Å². The molecule has 0 radical (unpaired) electrons. The summed E-state index contributed by atoms with van der Waals surface area (Å²) in [5, 5.41) is 8.18. The fraction of sp³-hybridized carbons (Fsp3) is 0. The molecule has 0 spiro atoms. The molecule has 50 valence electrons. The van der Waals surface area contributed by atoms with Gasteiger partial charge in [0.1, 0.15) is 0 Å². The van der Waals surface area contributed by atoms with Gasteiger partial charge < -0.3 is 0 Å². The second-order valence-electron chi connectivity index (χ2n) is 1.61. The van der Waals surface area contributed by atoms with Crippen molar-refractivity contribution in [2.45, 2.75) is 0 Å². The zero-order valence-corrected chi connectivity index (χ0v) is 4.81. The van der Waals surface area contributed by atoms with Crippen molar-refractivity contribution < 1.29 is 8.78 Å². The molecule has 4 heteroatoms. The lowest BCUT2D eigenvalue weighted by molar-refractivity contribution is 0.512. The maximum absolute atomic E-state index is 12.1. The minimum absolute atomic E-state index is 0.0648. The van der Waals surface area contributed by atoms with Gasteiger partial charge in [-0.3, -0.25) is 0 Å². The molecule has 0 aliphatic rings. The van der Waals surface area contributed by atoms with E-state index >= 15 is 0 Å². The van der Waals surface area contributed by atoms with E-state index in [1.54, 1.807) is 6.07 Å². The first kappa shape index (κ1) is 6.62. The van der Waals surface area contributed by atoms with Gasteiger partial charge in [0.15, 0.2) is 0 Å². The molecule has 0 saturated heterocycles. The van der Waals surface area contributed by atoms with Gasteiger partial charge in [0.05, 0.1) is 11.6 Å². The highest BCUT2D eigenvalue weighted by Crippen LogP contribution is 2.01. The topological polar surface area (TPSA) is 36.7 Å². The Morgan fingerprint density at radius 2 is 1.80 bits per heavy atom. The minimum atomic E-state index is -0.975. The first-order valence-electron chi connectivity index (χ1n) is 2.45. The highest BCUT2D eigenvalue weighted by Gasteiger charge is 1.98. The van der Waals surface area contributed by atoms with E-state index in [1.807, 2.05) is 0 Å². The predicted octanol–water partition coefficient (Wildman–Crippen LogP) is 1.23. The van der Waals surface area contributed by atoms with Crippen LogP contribution in [0.15, 0.2) is 12.1 Å². The Hall–Kier alpha value is -1.50. The maximum atomic E-state index is 12.1. The van der Waals surface area contributed by atoms with E-state index < -0.39 is 11.9 Å². The molecule has 1 aromatic heterocycles. The van der Waals surface area contributed by atoms with Gasteiger partial charge in [0.2, 0.25) is 11.9 Å². The van der Waals surface area contributed by atoms with Gasteiger partial charge in [-0.2, -0.15) is 19.0 Å². The van der Waals surface area contributed by atoms with E-state index in [-0.39, 0.29) is 5.56 Å². The van der Waals surface area contributed by atoms with Crippen LogP contribution in [-0.2, 0) is 0 Å². The predicted molar refractivity (Wildman–Crippen MR) is 28.9 cm³/mol. The van der Waals surface area contributed by atoms with Crippen LogP contribution >= 0.6 is 0 Å². The zero-order chi connectivity index (χ0) is 7.56. The summed E-state index contributed by atoms with van der Waals surface area (Å²) in [6.45, 7) is 0. The average molecular weight is 140 g/mol. The normalized spacial score (nSPS) is 8.90. The van der Waals surface area contributed by atoms with Gasteiger partial charge in [-0.1, -0.05) is 0 Å². The Labute approximate surface area is 55.7 Å². The fourth-order valence-corrected chi connectivity index (χ4v) is 0.529. The number of nitriles is 1. The molecule has 0 fully saturated rings. The second-order valence-corrected chi connectivity index (χ2v) is 1.61. The zero-order valence-electron chi connectivity index (χ0n) is 4.81. The van der Waals surface area contributed by atoms with Crippen molar-refractivity contribution in [3.63, 3.8) is 0 Å². The molecule has 1 rings (SSSR count). The molecule has 0 unspecified atom stereocenters. The van der Waals surface area contributed by atoms with Crippen molar-refractivity contribution in [3.8, 4) is 6.07 Å². The lowest BCUT2D eigenvalue weighted by Crippen LogP contribution is -1.88. The first-order valence-corrected chi connectivity index (χ1v) is 2.45. The van der Waals surface area contributed by atoms with E-state index in [0.29, 0.717) is 0 Å². The molecular weight excluding hydrogens is 138 g/mol. The van der Waals surface area contributed by atoms with E-state index in [2.05, 4.69) is 4.98 Å². The first-order chi connectivity index (χ1) is 4.72. The number of hydrogen-bond acceptors (Lipinski definition) is 2. The van der Waals surface area contributed by atoms with Crippen molar-refractivity contribution in [1.29, 1.82) is 5.26 Å². The summed E-state index contributed by atoms with van der Waals surface area (Å²) in [6, 6.07) is 3.32. The summed E-state index contributed by atoms with van der Waals surface area (Å²) in [7, 11) is 0. The largest absolute Gasteiger partial charge is 0.216 e. The molecule has 0 aliphatic heterocycles. The molecule has 0 saturated carbocycles. The van der Waals surface area contributed by atoms with Crippen LogP contribution in [0.3, 0.4) is 0 Å². The number of hydrogen-bond donors (Lipinski definition) is 0. The second kappa shape index (κ2) is 2.40. The highest BCUT2D eigenvalue weighted by molar-refractivity contribution is 5.26. The van der Waals surface area contributed by atoms with Crippen LogP contribution in [0.4, 0.5) is 8.78 Å². The fourth-order valence-electron chi connectivity index (χ4n) is 0.529. The summed E-state index contributed by atoms with van der Waals surface area (Å²) in [6.07, 6.45) is 0. The summed E-state index contributed by atoms with van der Waals surface area (Å²) >= 11 is 0. The van der Waals surface area contributed by atoms with E-state index in [1.165, 1.54) is 0 Å². The highest BCUT2D eigenvalue weighted by atomic mass is 19.1. The Morgan fingerprint density at radius 3 is 2.20 bits per heavy atom. The van der Waals surface area contributed by atoms with Gasteiger partial charge in [0.25, 0.3) is 0 Å². The maximum Gasteiger partial charge on any atom is 0.216 e. The molecule has 10 heavy (non-hydrogen) atoms. The lowest BCUT2D eigenvalue weighted by atomic mass is 10.3. The average Bonchev–Trinajstić information content (AvgIpc) is 1.85.